The minimum Gasteiger partial charge on any atom is -0.432 e. The number of hydrogen-bond acceptors (Lipinski definition) is 6. The maximum absolute atomic E-state index is 12.4. The van der Waals surface area contributed by atoms with Crippen LogP contribution in [-0.2, 0) is 25.5 Å². The van der Waals surface area contributed by atoms with Crippen LogP contribution in [0.3, 0.4) is 0 Å². The van der Waals surface area contributed by atoms with Crippen LogP contribution in [0.4, 0.5) is 4.79 Å². The van der Waals surface area contributed by atoms with Crippen molar-refractivity contribution in [3.8, 4) is 0 Å². The molecule has 1 rings (SSSR count). The zero-order valence-electron chi connectivity index (χ0n) is 19.1. The molecule has 1 aromatic rings. The highest BCUT2D eigenvalue weighted by Crippen LogP contribution is 2.17. The summed E-state index contributed by atoms with van der Waals surface area (Å²) in [6, 6.07) is 3.45. The van der Waals surface area contributed by atoms with Crippen molar-refractivity contribution in [2.75, 3.05) is 20.3 Å². The van der Waals surface area contributed by atoms with E-state index >= 15 is 0 Å². The van der Waals surface area contributed by atoms with E-state index in [4.69, 9.17) is 30.5 Å². The fourth-order valence-corrected chi connectivity index (χ4v) is 3.41. The highest BCUT2D eigenvalue weighted by atomic mass is 35.5. The van der Waals surface area contributed by atoms with Crippen LogP contribution in [-0.4, -0.2) is 48.7 Å². The molecule has 0 aromatic carbocycles. The number of esters is 1. The van der Waals surface area contributed by atoms with Crippen molar-refractivity contribution in [2.24, 2.45) is 0 Å². The molecule has 1 aromatic heterocycles. The molecule has 2 unspecified atom stereocenters. The summed E-state index contributed by atoms with van der Waals surface area (Å²) in [5.41, 5.74) is 0.392. The molecule has 0 radical (unpaired) electrons. The number of carbonyl (C=O) groups excluding carboxylic acids is 2. The van der Waals surface area contributed by atoms with E-state index in [0.717, 1.165) is 19.3 Å². The van der Waals surface area contributed by atoms with Crippen LogP contribution < -0.4 is 0 Å². The van der Waals surface area contributed by atoms with Gasteiger partial charge in [-0.3, -0.25) is 0 Å². The Balaban J connectivity index is 2.31. The van der Waals surface area contributed by atoms with Crippen molar-refractivity contribution in [3.63, 3.8) is 0 Å². The van der Waals surface area contributed by atoms with Gasteiger partial charge in [0.25, 0.3) is 0 Å². The second kappa shape index (κ2) is 16.9. The van der Waals surface area contributed by atoms with Crippen LogP contribution >= 0.6 is 11.6 Å². The average Bonchev–Trinajstić information content (AvgIpc) is 3.20. The zero-order chi connectivity index (χ0) is 22.9. The van der Waals surface area contributed by atoms with Crippen molar-refractivity contribution in [1.82, 2.24) is 4.57 Å². The summed E-state index contributed by atoms with van der Waals surface area (Å²) in [7, 11) is 1.50. The van der Waals surface area contributed by atoms with Crippen molar-refractivity contribution >= 4 is 23.7 Å². The number of methoxy groups -OCH3 is 1. The third-order valence-corrected chi connectivity index (χ3v) is 5.32. The summed E-state index contributed by atoms with van der Waals surface area (Å²) in [4.78, 5) is 23.9. The van der Waals surface area contributed by atoms with Gasteiger partial charge >= 0.3 is 12.1 Å². The Morgan fingerprint density at radius 3 is 2.45 bits per heavy atom. The first-order valence-corrected chi connectivity index (χ1v) is 11.7. The van der Waals surface area contributed by atoms with Crippen LogP contribution in [0.25, 0.3) is 0 Å². The second-order valence-corrected chi connectivity index (χ2v) is 8.18. The number of alkyl halides is 1. The Bertz CT molecular complexity index is 621. The average molecular weight is 460 g/mol. The van der Waals surface area contributed by atoms with Gasteiger partial charge in [0.2, 0.25) is 6.29 Å². The lowest BCUT2D eigenvalue weighted by Crippen LogP contribution is -2.24. The summed E-state index contributed by atoms with van der Waals surface area (Å²) in [5.74, 6) is -0.569. The molecule has 0 aliphatic carbocycles. The summed E-state index contributed by atoms with van der Waals surface area (Å²) >= 11 is 6.48. The molecule has 2 atom stereocenters. The van der Waals surface area contributed by atoms with Crippen LogP contribution in [0.5, 0.6) is 0 Å². The van der Waals surface area contributed by atoms with Gasteiger partial charge in [-0.1, -0.05) is 51.9 Å². The lowest BCUT2D eigenvalue weighted by atomic mass is 10.1. The second-order valence-electron chi connectivity index (χ2n) is 7.56. The minimum absolute atomic E-state index is 0.0668. The van der Waals surface area contributed by atoms with Gasteiger partial charge in [0.05, 0.1) is 6.61 Å². The van der Waals surface area contributed by atoms with E-state index in [1.165, 1.54) is 52.6 Å². The summed E-state index contributed by atoms with van der Waals surface area (Å²) in [6.45, 7) is 4.63. The normalized spacial score (nSPS) is 12.9. The van der Waals surface area contributed by atoms with E-state index in [1.807, 2.05) is 10.8 Å². The number of nitrogens with zero attached hydrogens (tertiary/aromatic N) is 1. The number of aryl methyl sites for hydroxylation is 1. The van der Waals surface area contributed by atoms with Gasteiger partial charge in [-0.25, -0.2) is 9.59 Å². The van der Waals surface area contributed by atoms with Crippen LogP contribution in [0.15, 0.2) is 18.3 Å². The SMILES string of the molecule is CCCCCCCCCC(Cl)CCn1cccc1C(=O)OC(C)OC(=O)OCCOC. The van der Waals surface area contributed by atoms with E-state index < -0.39 is 18.4 Å². The Morgan fingerprint density at radius 2 is 1.74 bits per heavy atom. The minimum atomic E-state index is -1.07. The maximum atomic E-state index is 12.4. The molecule has 0 saturated heterocycles. The largest absolute Gasteiger partial charge is 0.511 e. The van der Waals surface area contributed by atoms with Crippen molar-refractivity contribution < 1.29 is 28.5 Å². The summed E-state index contributed by atoms with van der Waals surface area (Å²) in [5, 5.41) is 0.0750. The molecule has 7 nitrogen and oxygen atoms in total. The molecule has 0 aliphatic rings. The van der Waals surface area contributed by atoms with E-state index in [0.29, 0.717) is 12.2 Å². The molecule has 0 fully saturated rings. The van der Waals surface area contributed by atoms with Gasteiger partial charge in [-0.05, 0) is 25.0 Å². The van der Waals surface area contributed by atoms with Gasteiger partial charge in [0, 0.05) is 32.2 Å². The maximum Gasteiger partial charge on any atom is 0.511 e. The van der Waals surface area contributed by atoms with E-state index in [1.54, 1.807) is 12.1 Å². The number of aromatic nitrogens is 1. The fourth-order valence-electron chi connectivity index (χ4n) is 3.15. The van der Waals surface area contributed by atoms with Crippen molar-refractivity contribution in [3.05, 3.63) is 24.0 Å². The predicted octanol–water partition coefficient (Wildman–Crippen LogP) is 5.93. The molecule has 0 bridgehead atoms. The number of rotatable bonds is 17. The van der Waals surface area contributed by atoms with E-state index in [9.17, 15) is 9.59 Å². The van der Waals surface area contributed by atoms with Gasteiger partial charge in [-0.2, -0.15) is 0 Å². The Labute approximate surface area is 191 Å². The Kier molecular flexibility index (Phi) is 14.9. The molecular formula is C23H38ClNO6. The van der Waals surface area contributed by atoms with E-state index in [2.05, 4.69) is 6.92 Å². The number of ether oxygens (including phenoxy) is 4. The molecule has 31 heavy (non-hydrogen) atoms. The summed E-state index contributed by atoms with van der Waals surface area (Å²) in [6.07, 6.45) is 10.4. The van der Waals surface area contributed by atoms with Crippen LogP contribution in [0.2, 0.25) is 0 Å². The van der Waals surface area contributed by atoms with Crippen LogP contribution in [0, 0.1) is 0 Å². The molecule has 0 aliphatic heterocycles. The zero-order valence-corrected chi connectivity index (χ0v) is 19.9. The predicted molar refractivity (Wildman–Crippen MR) is 120 cm³/mol. The molecule has 8 heteroatoms. The van der Waals surface area contributed by atoms with Crippen molar-refractivity contribution in [2.45, 2.75) is 89.8 Å². The molecule has 0 N–H and O–H groups in total. The number of carbonyl (C=O) groups is 2. The van der Waals surface area contributed by atoms with Crippen molar-refractivity contribution in [1.29, 1.82) is 0 Å². The lowest BCUT2D eigenvalue weighted by Gasteiger charge is -2.16. The molecule has 1 heterocycles. The molecule has 178 valence electrons. The summed E-state index contributed by atoms with van der Waals surface area (Å²) < 4.78 is 21.5. The van der Waals surface area contributed by atoms with Crippen LogP contribution in [0.1, 0.15) is 82.1 Å². The molecule has 0 amide bonds. The first-order valence-electron chi connectivity index (χ1n) is 11.3. The van der Waals surface area contributed by atoms with Gasteiger partial charge < -0.3 is 23.5 Å². The highest BCUT2D eigenvalue weighted by Gasteiger charge is 2.19. The van der Waals surface area contributed by atoms with Gasteiger partial charge in [0.1, 0.15) is 12.3 Å². The Morgan fingerprint density at radius 1 is 1.03 bits per heavy atom. The highest BCUT2D eigenvalue weighted by molar-refractivity contribution is 6.20. The topological polar surface area (TPSA) is 76.0 Å². The van der Waals surface area contributed by atoms with Gasteiger partial charge in [0.15, 0.2) is 0 Å². The smallest absolute Gasteiger partial charge is 0.432 e. The molecule has 0 saturated carbocycles. The lowest BCUT2D eigenvalue weighted by molar-refractivity contribution is -0.0844. The first kappa shape index (κ1) is 27.3. The quantitative estimate of drug-likeness (QED) is 0.124. The monoisotopic (exact) mass is 459 g/mol. The molecular weight excluding hydrogens is 422 g/mol. The number of halogens is 1. The standard InChI is InChI=1S/C23H38ClNO6/c1-4-5-6-7-8-9-10-12-20(24)14-16-25-15-11-13-21(25)22(26)30-19(2)31-23(27)29-18-17-28-3/h11,13,15,19-20H,4-10,12,14,16-18H2,1-3H3. The van der Waals surface area contributed by atoms with E-state index in [-0.39, 0.29) is 18.6 Å². The Hall–Kier alpha value is -1.73. The number of hydrogen-bond donors (Lipinski definition) is 0. The first-order chi connectivity index (χ1) is 15.0. The fraction of sp³-hybridized carbons (Fsp3) is 0.739. The third kappa shape index (κ3) is 12.7. The molecule has 0 spiro atoms. The number of unbranched alkanes of at least 4 members (excludes halogenated alkanes) is 6. The third-order valence-electron chi connectivity index (χ3n) is 4.89. The van der Waals surface area contributed by atoms with Gasteiger partial charge in [-0.15, -0.1) is 11.6 Å².